The maximum absolute atomic E-state index is 13.7. The molecule has 4 unspecified atom stereocenters. The summed E-state index contributed by atoms with van der Waals surface area (Å²) < 4.78 is 11.6. The lowest BCUT2D eigenvalue weighted by molar-refractivity contribution is -0.152. The number of amides is 2. The van der Waals surface area contributed by atoms with E-state index < -0.39 is 12.0 Å². The number of esters is 1. The molecule has 4 atom stereocenters. The number of hydrogen-bond acceptors (Lipinski definition) is 6. The predicted octanol–water partition coefficient (Wildman–Crippen LogP) is 5.03. The summed E-state index contributed by atoms with van der Waals surface area (Å²) in [6.07, 6.45) is 7.38. The third kappa shape index (κ3) is 9.54. The number of aliphatic hydroxyl groups is 1. The van der Waals surface area contributed by atoms with Crippen molar-refractivity contribution in [3.05, 3.63) is 114 Å². The van der Waals surface area contributed by atoms with Gasteiger partial charge in [0.1, 0.15) is 19.0 Å². The van der Waals surface area contributed by atoms with Crippen molar-refractivity contribution in [3.8, 4) is 5.75 Å². The van der Waals surface area contributed by atoms with Crippen LogP contribution < -0.4 is 10.1 Å². The van der Waals surface area contributed by atoms with Gasteiger partial charge in [0.05, 0.1) is 30.5 Å². The van der Waals surface area contributed by atoms with Crippen LogP contribution in [0.25, 0.3) is 0 Å². The first-order valence-corrected chi connectivity index (χ1v) is 16.3. The Morgan fingerprint density at radius 1 is 0.891 bits per heavy atom. The highest BCUT2D eigenvalue weighted by atomic mass is 16.5. The Kier molecular flexibility index (Phi) is 12.0. The van der Waals surface area contributed by atoms with E-state index in [0.717, 1.165) is 35.3 Å². The number of carbonyl (C=O) groups excluding carboxylic acids is 3. The second-order valence-corrected chi connectivity index (χ2v) is 12.3. The smallest absolute Gasteiger partial charge is 0.309 e. The summed E-state index contributed by atoms with van der Waals surface area (Å²) in [7, 11) is 0. The number of ether oxygens (including phenoxy) is 2. The predicted molar refractivity (Wildman–Crippen MR) is 176 cm³/mol. The number of cyclic esters (lactones) is 1. The molecule has 1 fully saturated rings. The van der Waals surface area contributed by atoms with Gasteiger partial charge in [-0.2, -0.15) is 0 Å². The van der Waals surface area contributed by atoms with Gasteiger partial charge < -0.3 is 24.8 Å². The minimum absolute atomic E-state index is 0.0163. The number of nitrogens with one attached hydrogen (secondary N) is 1. The molecular formula is C38H44N2O6. The first-order chi connectivity index (χ1) is 22.5. The zero-order valence-corrected chi connectivity index (χ0v) is 26.3. The Morgan fingerprint density at radius 2 is 1.57 bits per heavy atom. The highest BCUT2D eigenvalue weighted by molar-refractivity contribution is 5.86. The van der Waals surface area contributed by atoms with Gasteiger partial charge in [0, 0.05) is 13.0 Å². The number of aliphatic hydroxyl groups excluding tert-OH is 1. The van der Waals surface area contributed by atoms with Crippen molar-refractivity contribution in [1.29, 1.82) is 0 Å². The number of nitrogens with zero attached hydrogens (tertiary/aromatic N) is 1. The molecule has 0 bridgehead atoms. The molecule has 0 radical (unpaired) electrons. The number of rotatable bonds is 11. The molecule has 5 rings (SSSR count). The average molecular weight is 625 g/mol. The van der Waals surface area contributed by atoms with Gasteiger partial charge in [-0.25, -0.2) is 0 Å². The highest BCUT2D eigenvalue weighted by Gasteiger charge is 2.35. The third-order valence-corrected chi connectivity index (χ3v) is 8.76. The highest BCUT2D eigenvalue weighted by Crippen LogP contribution is 2.26. The van der Waals surface area contributed by atoms with Gasteiger partial charge in [0.2, 0.25) is 11.8 Å². The SMILES string of the molecule is O=C(CC1CC=CCC(Cc2ccccc2)C(=O)OCC2CCCN2C1=O)NC(CO)Cc1ccc(OCc2ccccc2)cc1. The molecule has 0 spiro atoms. The maximum Gasteiger partial charge on any atom is 0.309 e. The molecule has 8 heteroatoms. The van der Waals surface area contributed by atoms with Gasteiger partial charge in [-0.05, 0) is 67.3 Å². The van der Waals surface area contributed by atoms with Crippen molar-refractivity contribution in [3.63, 3.8) is 0 Å². The Bertz CT molecular complexity index is 1440. The van der Waals surface area contributed by atoms with Crippen LogP contribution in [-0.2, 0) is 38.6 Å². The third-order valence-electron chi connectivity index (χ3n) is 8.76. The zero-order chi connectivity index (χ0) is 32.1. The zero-order valence-electron chi connectivity index (χ0n) is 26.3. The number of hydrogen-bond donors (Lipinski definition) is 2. The van der Waals surface area contributed by atoms with Crippen LogP contribution in [0, 0.1) is 11.8 Å². The second kappa shape index (κ2) is 16.8. The molecule has 2 aliphatic heterocycles. The minimum atomic E-state index is -0.542. The monoisotopic (exact) mass is 624 g/mol. The van der Waals surface area contributed by atoms with E-state index in [0.29, 0.717) is 38.8 Å². The average Bonchev–Trinajstić information content (AvgIpc) is 3.56. The quantitative estimate of drug-likeness (QED) is 0.229. The van der Waals surface area contributed by atoms with E-state index in [2.05, 4.69) is 5.32 Å². The Morgan fingerprint density at radius 3 is 2.26 bits per heavy atom. The molecule has 0 aliphatic carbocycles. The molecule has 2 N–H and O–H groups in total. The van der Waals surface area contributed by atoms with E-state index in [1.165, 1.54) is 0 Å². The Hall–Kier alpha value is -4.43. The van der Waals surface area contributed by atoms with E-state index in [4.69, 9.17) is 9.47 Å². The van der Waals surface area contributed by atoms with Crippen LogP contribution in [0.1, 0.15) is 48.8 Å². The molecule has 8 nitrogen and oxygen atoms in total. The lowest BCUT2D eigenvalue weighted by atomic mass is 9.94. The van der Waals surface area contributed by atoms with Crippen LogP contribution in [0.5, 0.6) is 5.75 Å². The molecule has 1 saturated heterocycles. The second-order valence-electron chi connectivity index (χ2n) is 12.3. The summed E-state index contributed by atoms with van der Waals surface area (Å²) in [5, 5.41) is 13.0. The van der Waals surface area contributed by atoms with Gasteiger partial charge in [0.25, 0.3) is 0 Å². The van der Waals surface area contributed by atoms with E-state index >= 15 is 0 Å². The van der Waals surface area contributed by atoms with Crippen LogP contribution in [0.4, 0.5) is 0 Å². The molecule has 3 aromatic rings. The van der Waals surface area contributed by atoms with Crippen molar-refractivity contribution in [2.24, 2.45) is 11.8 Å². The maximum atomic E-state index is 13.7. The summed E-state index contributed by atoms with van der Waals surface area (Å²) in [4.78, 5) is 41.8. The molecule has 2 heterocycles. The fourth-order valence-corrected chi connectivity index (χ4v) is 6.20. The van der Waals surface area contributed by atoms with Crippen LogP contribution in [0.2, 0.25) is 0 Å². The summed E-state index contributed by atoms with van der Waals surface area (Å²) in [5.41, 5.74) is 3.11. The molecule has 0 aromatic heterocycles. The molecule has 3 aromatic carbocycles. The Labute approximate surface area is 271 Å². The van der Waals surface area contributed by atoms with E-state index in [1.54, 1.807) is 4.90 Å². The molecule has 242 valence electrons. The van der Waals surface area contributed by atoms with Gasteiger partial charge >= 0.3 is 5.97 Å². The molecule has 2 amide bonds. The van der Waals surface area contributed by atoms with Crippen molar-refractivity contribution >= 4 is 17.8 Å². The van der Waals surface area contributed by atoms with E-state index in [9.17, 15) is 19.5 Å². The number of carbonyl (C=O) groups is 3. The summed E-state index contributed by atoms with van der Waals surface area (Å²) in [6.45, 7) is 1.00. The Balaban J connectivity index is 1.18. The molecule has 46 heavy (non-hydrogen) atoms. The van der Waals surface area contributed by atoms with Crippen molar-refractivity contribution < 1.29 is 29.0 Å². The lowest BCUT2D eigenvalue weighted by Crippen LogP contribution is -2.45. The van der Waals surface area contributed by atoms with Crippen LogP contribution in [-0.4, -0.2) is 59.6 Å². The number of fused-ring (bicyclic) bond motifs is 1. The first kappa shape index (κ1) is 32.9. The number of allylic oxidation sites excluding steroid dienone is 2. The summed E-state index contributed by atoms with van der Waals surface area (Å²) in [6, 6.07) is 26.8. The lowest BCUT2D eigenvalue weighted by Gasteiger charge is -2.29. The summed E-state index contributed by atoms with van der Waals surface area (Å²) >= 11 is 0. The first-order valence-electron chi connectivity index (χ1n) is 16.3. The largest absolute Gasteiger partial charge is 0.489 e. The van der Waals surface area contributed by atoms with Crippen LogP contribution in [0.3, 0.4) is 0 Å². The fourth-order valence-electron chi connectivity index (χ4n) is 6.20. The van der Waals surface area contributed by atoms with Gasteiger partial charge in [-0.1, -0.05) is 84.9 Å². The molecule has 0 saturated carbocycles. The van der Waals surface area contributed by atoms with Crippen molar-refractivity contribution in [1.82, 2.24) is 10.2 Å². The van der Waals surface area contributed by atoms with Crippen molar-refractivity contribution in [2.75, 3.05) is 19.8 Å². The molecule has 2 aliphatic rings. The topological polar surface area (TPSA) is 105 Å². The van der Waals surface area contributed by atoms with E-state index in [-0.39, 0.29) is 49.4 Å². The van der Waals surface area contributed by atoms with Crippen LogP contribution >= 0.6 is 0 Å². The minimum Gasteiger partial charge on any atom is -0.489 e. The fraction of sp³-hybridized carbons (Fsp3) is 0.395. The van der Waals surface area contributed by atoms with Gasteiger partial charge in [0.15, 0.2) is 0 Å². The molecular weight excluding hydrogens is 580 g/mol. The van der Waals surface area contributed by atoms with E-state index in [1.807, 2.05) is 97.1 Å². The normalized spacial score (nSPS) is 21.0. The number of benzene rings is 3. The summed E-state index contributed by atoms with van der Waals surface area (Å²) in [5.74, 6) is -0.724. The van der Waals surface area contributed by atoms with Gasteiger partial charge in [-0.15, -0.1) is 0 Å². The van der Waals surface area contributed by atoms with Crippen LogP contribution in [0.15, 0.2) is 97.1 Å². The van der Waals surface area contributed by atoms with Crippen molar-refractivity contribution in [2.45, 2.75) is 63.6 Å². The van der Waals surface area contributed by atoms with Gasteiger partial charge in [-0.3, -0.25) is 14.4 Å². The standard InChI is InChI=1S/C38H44N2O6/c41-25-33(23-29-17-19-35(20-18-29)45-26-30-12-5-2-6-13-30)39-36(42)24-31-14-7-8-15-32(22-28-10-3-1-4-11-28)38(44)46-27-34-16-9-21-40(34)37(31)43/h1-8,10-13,17-20,31-34,41H,9,14-16,21-27H2,(H,39,42).